The van der Waals surface area contributed by atoms with Crippen LogP contribution in [0.4, 0.5) is 0 Å². The number of aromatic nitrogens is 2. The summed E-state index contributed by atoms with van der Waals surface area (Å²) in [5.74, 6) is 0. The lowest BCUT2D eigenvalue weighted by atomic mass is 10.3. The third kappa shape index (κ3) is 1.52. The first-order chi connectivity index (χ1) is 5.29. The van der Waals surface area contributed by atoms with E-state index in [0.717, 1.165) is 12.0 Å². The topological polar surface area (TPSA) is 41.6 Å². The van der Waals surface area contributed by atoms with Gasteiger partial charge in [0.1, 0.15) is 11.7 Å². The van der Waals surface area contributed by atoms with E-state index in [1.165, 1.54) is 4.68 Å². The van der Waals surface area contributed by atoms with E-state index in [2.05, 4.69) is 5.10 Å². The van der Waals surface area contributed by atoms with Crippen LogP contribution < -0.4 is 0 Å². The van der Waals surface area contributed by atoms with Crippen LogP contribution in [0.2, 0.25) is 5.15 Å². The molecule has 0 amide bonds. The molecule has 11 heavy (non-hydrogen) atoms. The van der Waals surface area contributed by atoms with Gasteiger partial charge in [-0.1, -0.05) is 18.5 Å². The Hall–Kier alpha value is -1.01. The third-order valence-electron chi connectivity index (χ3n) is 1.45. The molecule has 0 aliphatic heterocycles. The molecule has 58 valence electrons. The van der Waals surface area contributed by atoms with Gasteiger partial charge in [0, 0.05) is 5.56 Å². The average molecular weight is 170 g/mol. The molecule has 0 aliphatic carbocycles. The molecule has 0 N–H and O–H groups in total. The van der Waals surface area contributed by atoms with Crippen LogP contribution in [0.3, 0.4) is 0 Å². The van der Waals surface area contributed by atoms with Crippen LogP contribution in [0, 0.1) is 11.3 Å². The summed E-state index contributed by atoms with van der Waals surface area (Å²) in [7, 11) is 0. The Labute approximate surface area is 70.2 Å². The van der Waals surface area contributed by atoms with Gasteiger partial charge in [0.15, 0.2) is 0 Å². The van der Waals surface area contributed by atoms with Crippen LogP contribution in [0.5, 0.6) is 0 Å². The minimum atomic E-state index is 0.221. The molecule has 0 atom stereocenters. The second-order valence-corrected chi connectivity index (χ2v) is 2.49. The van der Waals surface area contributed by atoms with E-state index in [1.54, 1.807) is 6.20 Å². The van der Waals surface area contributed by atoms with Crippen LogP contribution in [-0.2, 0) is 13.0 Å². The molecule has 3 nitrogen and oxygen atoms in total. The van der Waals surface area contributed by atoms with Gasteiger partial charge in [-0.25, -0.2) is 4.68 Å². The van der Waals surface area contributed by atoms with E-state index >= 15 is 0 Å². The molecule has 0 spiro atoms. The van der Waals surface area contributed by atoms with Gasteiger partial charge in [-0.2, -0.15) is 10.4 Å². The van der Waals surface area contributed by atoms with Crippen LogP contribution in [-0.4, -0.2) is 9.78 Å². The molecule has 1 aromatic heterocycles. The highest BCUT2D eigenvalue weighted by atomic mass is 35.5. The highest BCUT2D eigenvalue weighted by molar-refractivity contribution is 6.30. The molecule has 0 radical (unpaired) electrons. The van der Waals surface area contributed by atoms with Crippen molar-refractivity contribution in [2.45, 2.75) is 19.9 Å². The normalized spacial score (nSPS) is 9.55. The van der Waals surface area contributed by atoms with Gasteiger partial charge in [-0.05, 0) is 6.42 Å². The monoisotopic (exact) mass is 169 g/mol. The van der Waals surface area contributed by atoms with Gasteiger partial charge in [0.2, 0.25) is 0 Å². The molecular formula is C7H8ClN3. The molecule has 1 aromatic rings. The molecule has 0 aromatic carbocycles. The first-order valence-electron chi connectivity index (χ1n) is 3.36. The molecule has 0 saturated carbocycles. The molecule has 4 heteroatoms. The number of aryl methyl sites for hydroxylation is 1. The van der Waals surface area contributed by atoms with E-state index in [9.17, 15) is 0 Å². The van der Waals surface area contributed by atoms with E-state index in [1.807, 2.05) is 13.0 Å². The van der Waals surface area contributed by atoms with Gasteiger partial charge in [0.25, 0.3) is 0 Å². The number of hydrogen-bond acceptors (Lipinski definition) is 2. The summed E-state index contributed by atoms with van der Waals surface area (Å²) in [5.41, 5.74) is 0.988. The number of hydrogen-bond donors (Lipinski definition) is 0. The molecule has 0 fully saturated rings. The number of rotatable bonds is 2. The van der Waals surface area contributed by atoms with Crippen molar-refractivity contribution in [3.05, 3.63) is 16.9 Å². The predicted molar refractivity (Wildman–Crippen MR) is 42.2 cm³/mol. The summed E-state index contributed by atoms with van der Waals surface area (Å²) < 4.78 is 1.49. The first-order valence-corrected chi connectivity index (χ1v) is 3.74. The van der Waals surface area contributed by atoms with Crippen molar-refractivity contribution in [1.82, 2.24) is 9.78 Å². The van der Waals surface area contributed by atoms with Crippen molar-refractivity contribution in [3.8, 4) is 6.07 Å². The van der Waals surface area contributed by atoms with Crippen molar-refractivity contribution in [3.63, 3.8) is 0 Å². The van der Waals surface area contributed by atoms with Gasteiger partial charge < -0.3 is 0 Å². The Morgan fingerprint density at radius 3 is 3.00 bits per heavy atom. The van der Waals surface area contributed by atoms with Gasteiger partial charge in [0.05, 0.1) is 12.3 Å². The molecule has 1 heterocycles. The number of halogens is 1. The second-order valence-electron chi connectivity index (χ2n) is 2.13. The summed E-state index contributed by atoms with van der Waals surface area (Å²) in [6.07, 6.45) is 2.55. The fourth-order valence-electron chi connectivity index (χ4n) is 0.823. The predicted octanol–water partition coefficient (Wildman–Crippen LogP) is 1.62. The Morgan fingerprint density at radius 2 is 2.55 bits per heavy atom. The quantitative estimate of drug-likeness (QED) is 0.675. The number of nitrogens with zero attached hydrogens (tertiary/aromatic N) is 3. The minimum Gasteiger partial charge on any atom is -0.240 e. The SMILES string of the molecule is CCc1cnn(CC#N)c1Cl. The van der Waals surface area contributed by atoms with E-state index in [4.69, 9.17) is 16.9 Å². The van der Waals surface area contributed by atoms with Gasteiger partial charge in [-0.3, -0.25) is 0 Å². The Kier molecular flexibility index (Phi) is 2.50. The zero-order valence-electron chi connectivity index (χ0n) is 6.21. The Balaban J connectivity index is 2.93. The molecule has 0 unspecified atom stereocenters. The smallest absolute Gasteiger partial charge is 0.131 e. The van der Waals surface area contributed by atoms with Crippen LogP contribution in [0.25, 0.3) is 0 Å². The summed E-state index contributed by atoms with van der Waals surface area (Å²) >= 11 is 5.85. The highest BCUT2D eigenvalue weighted by Crippen LogP contribution is 2.14. The maximum Gasteiger partial charge on any atom is 0.131 e. The van der Waals surface area contributed by atoms with Crippen molar-refractivity contribution < 1.29 is 0 Å². The van der Waals surface area contributed by atoms with Crippen molar-refractivity contribution in [2.24, 2.45) is 0 Å². The lowest BCUT2D eigenvalue weighted by Gasteiger charge is -1.94. The molecule has 0 aliphatic rings. The maximum atomic E-state index is 8.36. The first kappa shape index (κ1) is 8.09. The fraction of sp³-hybridized carbons (Fsp3) is 0.429. The second kappa shape index (κ2) is 3.40. The Morgan fingerprint density at radius 1 is 1.82 bits per heavy atom. The molecule has 0 bridgehead atoms. The highest BCUT2D eigenvalue weighted by Gasteiger charge is 2.04. The van der Waals surface area contributed by atoms with Crippen molar-refractivity contribution >= 4 is 11.6 Å². The maximum absolute atomic E-state index is 8.36. The molecule has 0 saturated heterocycles. The largest absolute Gasteiger partial charge is 0.240 e. The fourth-order valence-corrected chi connectivity index (χ4v) is 1.11. The van der Waals surface area contributed by atoms with E-state index in [-0.39, 0.29) is 6.54 Å². The zero-order valence-corrected chi connectivity index (χ0v) is 6.97. The van der Waals surface area contributed by atoms with Crippen molar-refractivity contribution in [2.75, 3.05) is 0 Å². The lowest BCUT2D eigenvalue weighted by Crippen LogP contribution is -1.97. The standard InChI is InChI=1S/C7H8ClN3/c1-2-6-5-10-11(4-3-9)7(6)8/h5H,2,4H2,1H3. The minimum absolute atomic E-state index is 0.221. The lowest BCUT2D eigenvalue weighted by molar-refractivity contribution is 0.710. The summed E-state index contributed by atoms with van der Waals surface area (Å²) in [6.45, 7) is 2.22. The van der Waals surface area contributed by atoms with Crippen LogP contribution >= 0.6 is 11.6 Å². The summed E-state index contributed by atoms with van der Waals surface area (Å²) in [4.78, 5) is 0. The average Bonchev–Trinajstić information content (AvgIpc) is 2.34. The number of nitriles is 1. The van der Waals surface area contributed by atoms with Gasteiger partial charge in [-0.15, -0.1) is 0 Å². The summed E-state index contributed by atoms with van der Waals surface area (Å²) in [5, 5.41) is 12.9. The Bertz CT molecular complexity index is 284. The van der Waals surface area contributed by atoms with E-state index in [0.29, 0.717) is 5.15 Å². The third-order valence-corrected chi connectivity index (χ3v) is 1.88. The zero-order chi connectivity index (χ0) is 8.27. The van der Waals surface area contributed by atoms with Crippen LogP contribution in [0.1, 0.15) is 12.5 Å². The van der Waals surface area contributed by atoms with Gasteiger partial charge >= 0.3 is 0 Å². The molecular weight excluding hydrogens is 162 g/mol. The van der Waals surface area contributed by atoms with Crippen LogP contribution in [0.15, 0.2) is 6.20 Å². The van der Waals surface area contributed by atoms with E-state index < -0.39 is 0 Å². The molecule has 1 rings (SSSR count). The summed E-state index contributed by atoms with van der Waals surface area (Å²) in [6, 6.07) is 1.98. The van der Waals surface area contributed by atoms with Crippen molar-refractivity contribution in [1.29, 1.82) is 5.26 Å².